The highest BCUT2D eigenvalue weighted by Crippen LogP contribution is 2.42. The molecular formula is C64H74N4O6S3. The summed E-state index contributed by atoms with van der Waals surface area (Å²) in [5.74, 6) is 1.70. The highest BCUT2D eigenvalue weighted by molar-refractivity contribution is 8.23. The van der Waals surface area contributed by atoms with Gasteiger partial charge in [0.15, 0.2) is 0 Å². The number of aryl methyl sites for hydroxylation is 1. The number of hydrazine groups is 1. The Morgan fingerprint density at radius 2 is 1.44 bits per heavy atom. The molecule has 0 saturated heterocycles. The number of carbonyl (C=O) groups excluding carboxylic acids is 4. The van der Waals surface area contributed by atoms with Crippen LogP contribution in [0.2, 0.25) is 0 Å². The van der Waals surface area contributed by atoms with Crippen molar-refractivity contribution in [1.29, 1.82) is 0 Å². The lowest BCUT2D eigenvalue weighted by Gasteiger charge is -2.26. The maximum absolute atomic E-state index is 13.3. The standard InChI is InChI=1S/C64H74N4O6S3/c1-4-7-21-47-30-32-49(33-31-47)52(26-19-29-59(69)74-44-46(5-2)43-73-40-17-9-8-10-18-41-76-45-48-22-13-11-14-23-48)42-58(77-63(75)51-24-15-12-16-25-51)50-34-36-53(37-35-50)65-64(72)67-66-57-39-38-56-60-54(57)27-20-28-55(60)61(70)68(6-3)62(56)71/h4,11-16,20,22-25,27-28,30-39,46,52,58,66H,1,5-10,17-19,21,26,29,40-45H2,2-3H3,(H2,65,67,72). The predicted octanol–water partition coefficient (Wildman–Crippen LogP) is 15.7. The number of hydrogen-bond donors (Lipinski definition) is 3. The van der Waals surface area contributed by atoms with Gasteiger partial charge in [0.2, 0.25) is 0 Å². The molecule has 10 nitrogen and oxygen atoms in total. The first-order valence-electron chi connectivity index (χ1n) is 27.3. The molecule has 4 amide bonds. The molecule has 0 aromatic heterocycles. The first kappa shape index (κ1) is 58.4. The number of thioether (sulfide) groups is 2. The molecule has 13 heteroatoms. The minimum atomic E-state index is -0.496. The quantitative estimate of drug-likeness (QED) is 0.00939. The van der Waals surface area contributed by atoms with Crippen LogP contribution in [0.4, 0.5) is 16.2 Å². The number of unbranched alkanes of at least 4 members (excludes halogenated alkanes) is 4. The van der Waals surface area contributed by atoms with Crippen molar-refractivity contribution in [2.75, 3.05) is 42.9 Å². The number of nitrogens with one attached hydrogen (secondary N) is 3. The number of carbonyl (C=O) groups is 4. The molecule has 6 aromatic carbocycles. The van der Waals surface area contributed by atoms with E-state index in [0.717, 1.165) is 66.2 Å². The van der Waals surface area contributed by atoms with E-state index in [1.807, 2.05) is 78.5 Å². The number of hydrogen-bond acceptors (Lipinski definition) is 10. The summed E-state index contributed by atoms with van der Waals surface area (Å²) >= 11 is 9.76. The summed E-state index contributed by atoms with van der Waals surface area (Å²) in [5.41, 5.74) is 13.6. The molecule has 404 valence electrons. The molecule has 1 heterocycles. The van der Waals surface area contributed by atoms with Crippen LogP contribution in [-0.2, 0) is 26.4 Å². The van der Waals surface area contributed by atoms with Crippen molar-refractivity contribution < 1.29 is 28.7 Å². The normalized spacial score (nSPS) is 13.2. The summed E-state index contributed by atoms with van der Waals surface area (Å²) in [7, 11) is 0. The maximum atomic E-state index is 13.3. The molecular weight excluding hydrogens is 1020 g/mol. The average Bonchev–Trinajstić information content (AvgIpc) is 3.50. The van der Waals surface area contributed by atoms with Crippen LogP contribution < -0.4 is 16.2 Å². The Hall–Kier alpha value is -6.25. The van der Waals surface area contributed by atoms with Crippen molar-refractivity contribution in [2.24, 2.45) is 5.92 Å². The zero-order valence-corrected chi connectivity index (χ0v) is 47.1. The number of allylic oxidation sites excluding steroid dienone is 1. The van der Waals surface area contributed by atoms with E-state index in [1.165, 1.54) is 53.0 Å². The van der Waals surface area contributed by atoms with E-state index < -0.39 is 6.03 Å². The Morgan fingerprint density at radius 1 is 0.740 bits per heavy atom. The molecule has 3 atom stereocenters. The van der Waals surface area contributed by atoms with Gasteiger partial charge in [-0.1, -0.05) is 154 Å². The summed E-state index contributed by atoms with van der Waals surface area (Å²) in [6.45, 7) is 9.77. The fourth-order valence-electron chi connectivity index (χ4n) is 9.55. The van der Waals surface area contributed by atoms with Crippen molar-refractivity contribution in [3.63, 3.8) is 0 Å². The van der Waals surface area contributed by atoms with Gasteiger partial charge in [0.05, 0.1) is 23.1 Å². The van der Waals surface area contributed by atoms with Gasteiger partial charge in [-0.05, 0) is 128 Å². The topological polar surface area (TPSA) is 126 Å². The van der Waals surface area contributed by atoms with E-state index in [1.54, 1.807) is 43.0 Å². The predicted molar refractivity (Wildman–Crippen MR) is 323 cm³/mol. The van der Waals surface area contributed by atoms with Gasteiger partial charge in [-0.25, -0.2) is 4.79 Å². The zero-order chi connectivity index (χ0) is 54.2. The molecule has 7 rings (SSSR count). The summed E-state index contributed by atoms with van der Waals surface area (Å²) in [4.78, 5) is 54.1. The van der Waals surface area contributed by atoms with Crippen LogP contribution >= 0.6 is 35.7 Å². The van der Waals surface area contributed by atoms with E-state index in [9.17, 15) is 19.2 Å². The molecule has 0 saturated carbocycles. The zero-order valence-electron chi connectivity index (χ0n) is 44.6. The number of rotatable bonds is 32. The van der Waals surface area contributed by atoms with Crippen molar-refractivity contribution in [3.05, 3.63) is 191 Å². The number of benzene rings is 6. The lowest BCUT2D eigenvalue weighted by Crippen LogP contribution is -2.40. The average molecular weight is 1090 g/mol. The highest BCUT2D eigenvalue weighted by Gasteiger charge is 2.32. The molecule has 0 spiro atoms. The molecule has 3 unspecified atom stereocenters. The third-order valence-corrected chi connectivity index (χ3v) is 16.9. The summed E-state index contributed by atoms with van der Waals surface area (Å²) < 4.78 is 12.7. The van der Waals surface area contributed by atoms with E-state index in [2.05, 4.69) is 84.3 Å². The van der Waals surface area contributed by atoms with E-state index in [-0.39, 0.29) is 41.4 Å². The van der Waals surface area contributed by atoms with Crippen molar-refractivity contribution >= 4 is 85.9 Å². The molecule has 0 fully saturated rings. The Balaban J connectivity index is 0.928. The number of urea groups is 1. The second-order valence-corrected chi connectivity index (χ2v) is 22.5. The van der Waals surface area contributed by atoms with Crippen LogP contribution in [0.15, 0.2) is 152 Å². The van der Waals surface area contributed by atoms with Gasteiger partial charge in [0.1, 0.15) is 0 Å². The Morgan fingerprint density at radius 3 is 2.17 bits per heavy atom. The van der Waals surface area contributed by atoms with Gasteiger partial charge >= 0.3 is 12.0 Å². The van der Waals surface area contributed by atoms with Gasteiger partial charge in [-0.15, -0.1) is 18.3 Å². The first-order valence-corrected chi connectivity index (χ1v) is 29.8. The molecule has 1 aliphatic rings. The molecule has 0 bridgehead atoms. The molecule has 77 heavy (non-hydrogen) atoms. The van der Waals surface area contributed by atoms with Crippen molar-refractivity contribution in [1.82, 2.24) is 10.3 Å². The lowest BCUT2D eigenvalue weighted by molar-refractivity contribution is -0.145. The number of thiocarbonyl (C=S) groups is 1. The van der Waals surface area contributed by atoms with Crippen LogP contribution in [0.1, 0.15) is 144 Å². The first-order chi connectivity index (χ1) is 37.6. The number of esters is 1. The van der Waals surface area contributed by atoms with Crippen LogP contribution in [-0.4, -0.2) is 65.0 Å². The van der Waals surface area contributed by atoms with Gasteiger partial charge in [-0.2, -0.15) is 11.8 Å². The number of imide groups is 1. The summed E-state index contributed by atoms with van der Waals surface area (Å²) in [6.07, 6.45) is 13.1. The smallest absolute Gasteiger partial charge is 0.337 e. The second kappa shape index (κ2) is 31.2. The van der Waals surface area contributed by atoms with Crippen LogP contribution in [0.5, 0.6) is 0 Å². The van der Waals surface area contributed by atoms with Crippen molar-refractivity contribution in [2.45, 2.75) is 108 Å². The number of anilines is 2. The van der Waals surface area contributed by atoms with Crippen LogP contribution in [0, 0.1) is 5.92 Å². The third-order valence-electron chi connectivity index (χ3n) is 14.0. The Bertz CT molecular complexity index is 2840. The van der Waals surface area contributed by atoms with Gasteiger partial charge in [0.25, 0.3) is 11.8 Å². The number of amides is 4. The second-order valence-electron chi connectivity index (χ2n) is 19.6. The van der Waals surface area contributed by atoms with Crippen LogP contribution in [0.3, 0.4) is 0 Å². The molecule has 0 aliphatic carbocycles. The third kappa shape index (κ3) is 17.6. The molecule has 1 aliphatic heterocycles. The minimum Gasteiger partial charge on any atom is -0.465 e. The SMILES string of the molecule is C=CCCc1ccc(C(CCCC(=O)OCC(CC)COCCCCCCCSCc2ccccc2)CC(SC(=S)c2ccccc2)c2ccc(NC(=O)NNc3ccc4c5c(cccc35)C(=O)N(CC)C4=O)cc2)cc1. The molecule has 0 radical (unpaired) electrons. The molecule has 3 N–H and O–H groups in total. The molecule has 6 aromatic rings. The van der Waals surface area contributed by atoms with Gasteiger partial charge in [-0.3, -0.25) is 30.1 Å². The fourth-order valence-corrected chi connectivity index (χ4v) is 12.2. The highest BCUT2D eigenvalue weighted by atomic mass is 32.2. The summed E-state index contributed by atoms with van der Waals surface area (Å²) in [6, 6.07) is 45.6. The van der Waals surface area contributed by atoms with E-state index in [0.29, 0.717) is 59.3 Å². The monoisotopic (exact) mass is 1090 g/mol. The fraction of sp³-hybridized carbons (Fsp3) is 0.359. The van der Waals surface area contributed by atoms with Gasteiger partial charge < -0.3 is 14.8 Å². The van der Waals surface area contributed by atoms with Gasteiger partial charge in [0, 0.05) is 64.1 Å². The van der Waals surface area contributed by atoms with E-state index >= 15 is 0 Å². The maximum Gasteiger partial charge on any atom is 0.337 e. The largest absolute Gasteiger partial charge is 0.465 e. The number of ether oxygens (including phenoxy) is 2. The Labute approximate surface area is 469 Å². The lowest BCUT2D eigenvalue weighted by atomic mass is 9.87. The number of nitrogens with zero attached hydrogens (tertiary/aromatic N) is 1. The van der Waals surface area contributed by atoms with Crippen molar-refractivity contribution in [3.8, 4) is 0 Å². The Kier molecular flexibility index (Phi) is 23.7. The van der Waals surface area contributed by atoms with E-state index in [4.69, 9.17) is 21.7 Å². The van der Waals surface area contributed by atoms with Crippen LogP contribution in [0.25, 0.3) is 10.8 Å². The minimum absolute atomic E-state index is 0.0552. The summed E-state index contributed by atoms with van der Waals surface area (Å²) in [5, 5.41) is 4.08.